The SMILES string of the molecule is CN1CCc2c(Cl)ccc3sc(/C=C/C(=O)[O-])c(c23)C1. The van der Waals surface area contributed by atoms with Crippen LogP contribution in [0.4, 0.5) is 0 Å². The number of carboxylic acids is 1. The first-order valence-corrected chi connectivity index (χ1v) is 7.56. The lowest BCUT2D eigenvalue weighted by molar-refractivity contribution is -0.297. The number of rotatable bonds is 2. The second-order valence-corrected chi connectivity index (χ2v) is 6.48. The number of carbonyl (C=O) groups is 1. The van der Waals surface area contributed by atoms with Crippen LogP contribution in [0.1, 0.15) is 16.0 Å². The van der Waals surface area contributed by atoms with Crippen LogP contribution in [0.15, 0.2) is 18.2 Å². The predicted molar refractivity (Wildman–Crippen MR) is 80.9 cm³/mol. The molecular formula is C15H13ClNO2S-. The van der Waals surface area contributed by atoms with E-state index in [1.54, 1.807) is 17.4 Å². The molecule has 3 rings (SSSR count). The molecule has 0 fully saturated rings. The maximum atomic E-state index is 10.6. The van der Waals surface area contributed by atoms with Gasteiger partial charge in [0.15, 0.2) is 0 Å². The smallest absolute Gasteiger partial charge is 0.0643 e. The molecule has 0 radical (unpaired) electrons. The third-order valence-electron chi connectivity index (χ3n) is 3.58. The van der Waals surface area contributed by atoms with E-state index in [2.05, 4.69) is 11.9 Å². The molecule has 3 nitrogen and oxygen atoms in total. The highest BCUT2D eigenvalue weighted by Crippen LogP contribution is 2.39. The van der Waals surface area contributed by atoms with Crippen molar-refractivity contribution in [3.05, 3.63) is 39.2 Å². The first-order chi connectivity index (χ1) is 9.56. The highest BCUT2D eigenvalue weighted by molar-refractivity contribution is 7.20. The molecule has 1 aromatic carbocycles. The van der Waals surface area contributed by atoms with Gasteiger partial charge in [-0.25, -0.2) is 0 Å². The Morgan fingerprint density at radius 3 is 3.00 bits per heavy atom. The van der Waals surface area contributed by atoms with Crippen molar-refractivity contribution in [2.45, 2.75) is 13.0 Å². The standard InChI is InChI=1S/C15H14ClNO2S/c1-17-7-6-9-11(16)2-3-13-15(9)10(8-17)12(20-13)4-5-14(18)19/h2-5H,6-8H2,1H3,(H,18,19)/p-1/b5-4+. The molecule has 0 saturated carbocycles. The fourth-order valence-corrected chi connectivity index (χ4v) is 4.05. The van der Waals surface area contributed by atoms with Gasteiger partial charge in [0, 0.05) is 33.1 Å². The van der Waals surface area contributed by atoms with Gasteiger partial charge in [-0.15, -0.1) is 11.3 Å². The van der Waals surface area contributed by atoms with Crippen molar-refractivity contribution >= 4 is 45.1 Å². The molecule has 0 aliphatic carbocycles. The van der Waals surface area contributed by atoms with Crippen LogP contribution in [0.3, 0.4) is 0 Å². The Labute approximate surface area is 126 Å². The van der Waals surface area contributed by atoms with E-state index in [4.69, 9.17) is 11.6 Å². The largest absolute Gasteiger partial charge is 0.545 e. The topological polar surface area (TPSA) is 43.4 Å². The summed E-state index contributed by atoms with van der Waals surface area (Å²) < 4.78 is 1.16. The lowest BCUT2D eigenvalue weighted by atomic mass is 10.0. The van der Waals surface area contributed by atoms with Crippen LogP contribution in [0.5, 0.6) is 0 Å². The molecule has 20 heavy (non-hydrogen) atoms. The van der Waals surface area contributed by atoms with Gasteiger partial charge >= 0.3 is 0 Å². The van der Waals surface area contributed by atoms with Gasteiger partial charge in [-0.05, 0) is 48.9 Å². The number of carbonyl (C=O) groups excluding carboxylic acids is 1. The van der Waals surface area contributed by atoms with E-state index < -0.39 is 5.97 Å². The van der Waals surface area contributed by atoms with E-state index >= 15 is 0 Å². The predicted octanol–water partition coefficient (Wildman–Crippen LogP) is 2.31. The van der Waals surface area contributed by atoms with Gasteiger partial charge in [0.05, 0.1) is 5.97 Å². The zero-order valence-electron chi connectivity index (χ0n) is 11.0. The van der Waals surface area contributed by atoms with Crippen molar-refractivity contribution < 1.29 is 9.90 Å². The van der Waals surface area contributed by atoms with Gasteiger partial charge in [0.25, 0.3) is 0 Å². The fourth-order valence-electron chi connectivity index (χ4n) is 2.65. The van der Waals surface area contributed by atoms with Crippen LogP contribution < -0.4 is 5.11 Å². The average molecular weight is 307 g/mol. The maximum Gasteiger partial charge on any atom is 0.0643 e. The zero-order chi connectivity index (χ0) is 14.3. The van der Waals surface area contributed by atoms with Gasteiger partial charge in [0.1, 0.15) is 0 Å². The number of benzene rings is 1. The molecule has 1 aromatic heterocycles. The Hall–Kier alpha value is -1.36. The van der Waals surface area contributed by atoms with Gasteiger partial charge in [-0.3, -0.25) is 0 Å². The van der Waals surface area contributed by atoms with Crippen molar-refractivity contribution in [3.8, 4) is 0 Å². The Kier molecular flexibility index (Phi) is 3.54. The monoisotopic (exact) mass is 306 g/mol. The quantitative estimate of drug-likeness (QED) is 0.800. The summed E-state index contributed by atoms with van der Waals surface area (Å²) in [5, 5.41) is 12.6. The normalized spacial score (nSPS) is 15.9. The summed E-state index contributed by atoms with van der Waals surface area (Å²) in [4.78, 5) is 13.8. The Balaban J connectivity index is 2.25. The summed E-state index contributed by atoms with van der Waals surface area (Å²) in [7, 11) is 2.07. The number of thiophene rings is 1. The first-order valence-electron chi connectivity index (χ1n) is 6.36. The van der Waals surface area contributed by atoms with Crippen LogP contribution in [-0.4, -0.2) is 24.5 Å². The van der Waals surface area contributed by atoms with Gasteiger partial charge in [0.2, 0.25) is 0 Å². The number of halogens is 1. The van der Waals surface area contributed by atoms with Crippen LogP contribution in [0.2, 0.25) is 5.02 Å². The molecule has 2 aromatic rings. The third-order valence-corrected chi connectivity index (χ3v) is 5.10. The summed E-state index contributed by atoms with van der Waals surface area (Å²) in [5.74, 6) is -1.17. The number of nitrogens with zero attached hydrogens (tertiary/aromatic N) is 1. The minimum absolute atomic E-state index is 0.794. The maximum absolute atomic E-state index is 10.6. The summed E-state index contributed by atoms with van der Waals surface area (Å²) in [5.41, 5.74) is 2.34. The van der Waals surface area contributed by atoms with E-state index in [-0.39, 0.29) is 0 Å². The molecule has 0 spiro atoms. The molecule has 0 bridgehead atoms. The van der Waals surface area contributed by atoms with E-state index in [1.807, 2.05) is 12.1 Å². The van der Waals surface area contributed by atoms with E-state index in [0.717, 1.165) is 40.2 Å². The minimum atomic E-state index is -1.17. The summed E-state index contributed by atoms with van der Waals surface area (Å²) in [6.45, 7) is 1.75. The molecule has 0 N–H and O–H groups in total. The molecule has 5 heteroatoms. The number of carboxylic acid groups (broad SMARTS) is 1. The molecular weight excluding hydrogens is 294 g/mol. The van der Waals surface area contributed by atoms with E-state index in [1.165, 1.54) is 16.5 Å². The Morgan fingerprint density at radius 1 is 1.45 bits per heavy atom. The molecule has 0 atom stereocenters. The van der Waals surface area contributed by atoms with Crippen LogP contribution in [0, 0.1) is 0 Å². The summed E-state index contributed by atoms with van der Waals surface area (Å²) in [6, 6.07) is 3.94. The van der Waals surface area contributed by atoms with E-state index in [9.17, 15) is 9.90 Å². The van der Waals surface area contributed by atoms with Gasteiger partial charge in [-0.1, -0.05) is 11.6 Å². The van der Waals surface area contributed by atoms with Crippen LogP contribution in [0.25, 0.3) is 16.2 Å². The number of hydrogen-bond donors (Lipinski definition) is 0. The van der Waals surface area contributed by atoms with E-state index in [0.29, 0.717) is 0 Å². The van der Waals surface area contributed by atoms with Crippen LogP contribution in [-0.2, 0) is 17.8 Å². The number of aliphatic carboxylic acids is 1. The lowest BCUT2D eigenvalue weighted by Crippen LogP contribution is -2.19. The van der Waals surface area contributed by atoms with Crippen molar-refractivity contribution in [1.82, 2.24) is 4.90 Å². The highest BCUT2D eigenvalue weighted by atomic mass is 35.5. The number of likely N-dealkylation sites (N-methyl/N-ethyl adjacent to an activating group) is 1. The van der Waals surface area contributed by atoms with Gasteiger partial charge < -0.3 is 14.8 Å². The fraction of sp³-hybridized carbons (Fsp3) is 0.267. The number of hydrogen-bond acceptors (Lipinski definition) is 4. The Morgan fingerprint density at radius 2 is 2.25 bits per heavy atom. The molecule has 0 unspecified atom stereocenters. The van der Waals surface area contributed by atoms with Crippen molar-refractivity contribution in [1.29, 1.82) is 0 Å². The summed E-state index contributed by atoms with van der Waals surface area (Å²) in [6.07, 6.45) is 3.64. The molecule has 1 aliphatic rings. The second-order valence-electron chi connectivity index (χ2n) is 4.98. The third kappa shape index (κ3) is 2.35. The minimum Gasteiger partial charge on any atom is -0.545 e. The van der Waals surface area contributed by atoms with Crippen molar-refractivity contribution in [2.24, 2.45) is 0 Å². The molecule has 1 aliphatic heterocycles. The molecule has 2 heterocycles. The van der Waals surface area contributed by atoms with Crippen LogP contribution >= 0.6 is 22.9 Å². The molecule has 0 saturated heterocycles. The highest BCUT2D eigenvalue weighted by Gasteiger charge is 2.20. The van der Waals surface area contributed by atoms with Crippen molar-refractivity contribution in [2.75, 3.05) is 13.6 Å². The average Bonchev–Trinajstić information content (AvgIpc) is 2.62. The van der Waals surface area contributed by atoms with Gasteiger partial charge in [-0.2, -0.15) is 0 Å². The zero-order valence-corrected chi connectivity index (χ0v) is 12.6. The Bertz CT molecular complexity index is 720. The molecule has 104 valence electrons. The first kappa shape index (κ1) is 13.6. The lowest BCUT2D eigenvalue weighted by Gasteiger charge is -2.13. The summed E-state index contributed by atoms with van der Waals surface area (Å²) >= 11 is 7.93. The van der Waals surface area contributed by atoms with Crippen molar-refractivity contribution in [3.63, 3.8) is 0 Å². The second kappa shape index (κ2) is 5.20. The molecule has 0 amide bonds.